The third kappa shape index (κ3) is 5.83. The van der Waals surface area contributed by atoms with E-state index in [0.717, 1.165) is 80.8 Å². The van der Waals surface area contributed by atoms with Gasteiger partial charge in [0, 0.05) is 24.8 Å². The second kappa shape index (κ2) is 10.8. The number of likely N-dealkylation sites (tertiary alicyclic amines) is 1. The number of aromatic nitrogens is 3. The van der Waals surface area contributed by atoms with Crippen LogP contribution in [-0.2, 0) is 17.8 Å². The summed E-state index contributed by atoms with van der Waals surface area (Å²) >= 11 is 1.78. The molecule has 33 heavy (non-hydrogen) atoms. The van der Waals surface area contributed by atoms with Crippen LogP contribution in [0.4, 0.5) is 4.39 Å². The Labute approximate surface area is 199 Å². The molecule has 0 radical (unpaired) electrons. The lowest BCUT2D eigenvalue weighted by Gasteiger charge is -2.31. The molecule has 2 aliphatic heterocycles. The van der Waals surface area contributed by atoms with Crippen molar-refractivity contribution in [1.82, 2.24) is 19.7 Å². The van der Waals surface area contributed by atoms with Gasteiger partial charge >= 0.3 is 0 Å². The Balaban J connectivity index is 1.27. The number of halogens is 1. The van der Waals surface area contributed by atoms with Crippen molar-refractivity contribution in [3.63, 3.8) is 0 Å². The van der Waals surface area contributed by atoms with Gasteiger partial charge in [0.25, 0.3) is 0 Å². The Morgan fingerprint density at radius 1 is 0.909 bits per heavy atom. The van der Waals surface area contributed by atoms with Crippen LogP contribution >= 0.6 is 11.8 Å². The summed E-state index contributed by atoms with van der Waals surface area (Å²) in [5.74, 6) is 2.27. The van der Waals surface area contributed by atoms with Crippen LogP contribution in [0.2, 0.25) is 0 Å². The molecule has 0 N–H and O–H groups in total. The zero-order chi connectivity index (χ0) is 22.5. The van der Waals surface area contributed by atoms with Crippen LogP contribution in [-0.4, -0.2) is 51.2 Å². The molecule has 1 aromatic heterocycles. The van der Waals surface area contributed by atoms with Gasteiger partial charge in [-0.25, -0.2) is 4.39 Å². The maximum absolute atomic E-state index is 13.2. The van der Waals surface area contributed by atoms with E-state index < -0.39 is 0 Å². The number of thioether (sulfide) groups is 1. The second-order valence-corrected chi connectivity index (χ2v) is 10.0. The molecule has 0 spiro atoms. The molecule has 2 fully saturated rings. The first kappa shape index (κ1) is 22.6. The number of nitrogens with zero attached hydrogens (tertiary/aromatic N) is 4. The van der Waals surface area contributed by atoms with E-state index in [-0.39, 0.29) is 5.82 Å². The van der Waals surface area contributed by atoms with E-state index in [1.807, 2.05) is 12.1 Å². The molecule has 2 aliphatic rings. The number of benzene rings is 2. The van der Waals surface area contributed by atoms with E-state index >= 15 is 0 Å². The molecule has 0 amide bonds. The normalized spacial score (nSPS) is 19.8. The summed E-state index contributed by atoms with van der Waals surface area (Å²) in [5.41, 5.74) is 2.43. The van der Waals surface area contributed by atoms with Crippen LogP contribution in [0, 0.1) is 5.82 Å². The van der Waals surface area contributed by atoms with Crippen molar-refractivity contribution in [2.24, 2.45) is 0 Å². The highest BCUT2D eigenvalue weighted by Crippen LogP contribution is 2.31. The lowest BCUT2D eigenvalue weighted by molar-refractivity contribution is 0.129. The predicted octanol–water partition coefficient (Wildman–Crippen LogP) is 5.12. The predicted molar refractivity (Wildman–Crippen MR) is 129 cm³/mol. The van der Waals surface area contributed by atoms with Gasteiger partial charge in [-0.1, -0.05) is 54.2 Å². The highest BCUT2D eigenvalue weighted by Gasteiger charge is 2.27. The minimum absolute atomic E-state index is 0.177. The first-order valence-corrected chi connectivity index (χ1v) is 12.9. The van der Waals surface area contributed by atoms with Crippen LogP contribution in [0.5, 0.6) is 0 Å². The van der Waals surface area contributed by atoms with Crippen LogP contribution in [0.1, 0.15) is 48.6 Å². The van der Waals surface area contributed by atoms with Crippen molar-refractivity contribution in [2.75, 3.05) is 25.4 Å². The summed E-state index contributed by atoms with van der Waals surface area (Å²) < 4.78 is 21.4. The average molecular weight is 467 g/mol. The van der Waals surface area contributed by atoms with Gasteiger partial charge < -0.3 is 9.30 Å². The van der Waals surface area contributed by atoms with Crippen molar-refractivity contribution in [3.05, 3.63) is 77.4 Å². The van der Waals surface area contributed by atoms with Crippen molar-refractivity contribution >= 4 is 11.8 Å². The summed E-state index contributed by atoms with van der Waals surface area (Å²) in [5, 5.41) is 10.3. The maximum Gasteiger partial charge on any atom is 0.191 e. The Morgan fingerprint density at radius 3 is 2.39 bits per heavy atom. The number of rotatable bonds is 8. The second-order valence-electron chi connectivity index (χ2n) is 9.04. The SMILES string of the molecule is Fc1ccc(CN2CCC(c3nnc(SCC4CCCO4)n3Cc3ccccc3)CC2)cc1. The van der Waals surface area contributed by atoms with Crippen molar-refractivity contribution in [1.29, 1.82) is 0 Å². The fourth-order valence-corrected chi connectivity index (χ4v) is 5.77. The van der Waals surface area contributed by atoms with Crippen LogP contribution in [0.25, 0.3) is 0 Å². The van der Waals surface area contributed by atoms with Crippen molar-refractivity contribution < 1.29 is 9.13 Å². The van der Waals surface area contributed by atoms with Gasteiger partial charge in [0.15, 0.2) is 5.16 Å². The average Bonchev–Trinajstić information content (AvgIpc) is 3.51. The summed E-state index contributed by atoms with van der Waals surface area (Å²) in [6.07, 6.45) is 4.74. The van der Waals surface area contributed by atoms with Gasteiger partial charge in [0.1, 0.15) is 11.6 Å². The molecule has 0 saturated carbocycles. The minimum Gasteiger partial charge on any atom is -0.377 e. The van der Waals surface area contributed by atoms with E-state index in [1.165, 1.54) is 5.56 Å². The zero-order valence-corrected chi connectivity index (χ0v) is 19.7. The quantitative estimate of drug-likeness (QED) is 0.431. The summed E-state index contributed by atoms with van der Waals surface area (Å²) in [6, 6.07) is 17.4. The molecule has 0 bridgehead atoms. The maximum atomic E-state index is 13.2. The van der Waals surface area contributed by atoms with Crippen molar-refractivity contribution in [3.8, 4) is 0 Å². The first-order valence-electron chi connectivity index (χ1n) is 11.9. The highest BCUT2D eigenvalue weighted by atomic mass is 32.2. The number of ether oxygens (including phenoxy) is 1. The van der Waals surface area contributed by atoms with Gasteiger partial charge in [-0.3, -0.25) is 4.90 Å². The van der Waals surface area contributed by atoms with Gasteiger partial charge in [-0.15, -0.1) is 10.2 Å². The van der Waals surface area contributed by atoms with E-state index in [1.54, 1.807) is 23.9 Å². The van der Waals surface area contributed by atoms with Crippen LogP contribution < -0.4 is 0 Å². The molecular weight excluding hydrogens is 435 g/mol. The molecule has 1 unspecified atom stereocenters. The molecule has 3 aromatic rings. The van der Waals surface area contributed by atoms with Crippen LogP contribution in [0.3, 0.4) is 0 Å². The fourth-order valence-electron chi connectivity index (χ4n) is 4.76. The molecule has 2 aromatic carbocycles. The first-order chi connectivity index (χ1) is 16.2. The molecule has 2 saturated heterocycles. The molecule has 0 aliphatic carbocycles. The molecule has 5 nitrogen and oxygen atoms in total. The third-order valence-corrected chi connectivity index (χ3v) is 7.72. The van der Waals surface area contributed by atoms with Crippen molar-refractivity contribution in [2.45, 2.75) is 56.0 Å². The highest BCUT2D eigenvalue weighted by molar-refractivity contribution is 7.99. The van der Waals surface area contributed by atoms with E-state index in [2.05, 4.69) is 44.9 Å². The molecule has 1 atom stereocenters. The van der Waals surface area contributed by atoms with Gasteiger partial charge in [-0.2, -0.15) is 0 Å². The Hall–Kier alpha value is -2.22. The number of hydrogen-bond donors (Lipinski definition) is 0. The van der Waals surface area contributed by atoms with Gasteiger partial charge in [0.05, 0.1) is 12.6 Å². The lowest BCUT2D eigenvalue weighted by atomic mass is 9.95. The van der Waals surface area contributed by atoms with E-state index in [0.29, 0.717) is 12.0 Å². The fraction of sp³-hybridized carbons (Fsp3) is 0.462. The largest absolute Gasteiger partial charge is 0.377 e. The topological polar surface area (TPSA) is 43.2 Å². The number of hydrogen-bond acceptors (Lipinski definition) is 5. The summed E-state index contributed by atoms with van der Waals surface area (Å²) in [6.45, 7) is 4.57. The Bertz CT molecular complexity index is 1010. The standard InChI is InChI=1S/C26H31FN4OS/c27-23-10-8-21(9-11-23)17-30-14-12-22(13-15-30)25-28-29-26(33-19-24-7-4-16-32-24)31(25)18-20-5-2-1-3-6-20/h1-3,5-6,8-11,22,24H,4,7,12-19H2. The monoisotopic (exact) mass is 466 g/mol. The third-order valence-electron chi connectivity index (χ3n) is 6.62. The minimum atomic E-state index is -0.177. The summed E-state index contributed by atoms with van der Waals surface area (Å²) in [7, 11) is 0. The molecule has 5 rings (SSSR count). The zero-order valence-electron chi connectivity index (χ0n) is 18.9. The van der Waals surface area contributed by atoms with Gasteiger partial charge in [0.2, 0.25) is 0 Å². The lowest BCUT2D eigenvalue weighted by Crippen LogP contribution is -2.33. The van der Waals surface area contributed by atoms with E-state index in [9.17, 15) is 4.39 Å². The van der Waals surface area contributed by atoms with Crippen LogP contribution in [0.15, 0.2) is 59.8 Å². The Morgan fingerprint density at radius 2 is 1.67 bits per heavy atom. The number of piperidine rings is 1. The molecule has 3 heterocycles. The van der Waals surface area contributed by atoms with Gasteiger partial charge in [-0.05, 0) is 62.0 Å². The molecular formula is C26H31FN4OS. The smallest absolute Gasteiger partial charge is 0.191 e. The molecule has 7 heteroatoms. The van der Waals surface area contributed by atoms with E-state index in [4.69, 9.17) is 9.84 Å². The summed E-state index contributed by atoms with van der Waals surface area (Å²) in [4.78, 5) is 2.45. The Kier molecular flexibility index (Phi) is 7.39. The molecule has 174 valence electrons.